The number of methoxy groups -OCH3 is 1. The van der Waals surface area contributed by atoms with Gasteiger partial charge in [-0.05, 0) is 48.7 Å². The summed E-state index contributed by atoms with van der Waals surface area (Å²) in [5.41, 5.74) is 7.72. The number of carbonyl (C=O) groups excluding carboxylic acids is 1. The van der Waals surface area contributed by atoms with Crippen molar-refractivity contribution in [3.8, 4) is 28.6 Å². The molecule has 3 N–H and O–H groups in total. The number of nitrogens with two attached hydrogens (primary N) is 1. The molecule has 0 saturated heterocycles. The van der Waals surface area contributed by atoms with E-state index >= 15 is 0 Å². The summed E-state index contributed by atoms with van der Waals surface area (Å²) in [6, 6.07) is 10.9. The number of ether oxygens (including phenoxy) is 1. The normalized spacial score (nSPS) is 10.9. The van der Waals surface area contributed by atoms with Gasteiger partial charge in [0, 0.05) is 5.56 Å². The average Bonchev–Trinajstić information content (AvgIpc) is 3.40. The molecule has 0 spiro atoms. The van der Waals surface area contributed by atoms with E-state index in [0.717, 1.165) is 11.6 Å². The largest absolute Gasteiger partial charge is 0.497 e. The maximum absolute atomic E-state index is 13.2. The van der Waals surface area contributed by atoms with Crippen LogP contribution >= 0.6 is 23.4 Å². The van der Waals surface area contributed by atoms with Crippen LogP contribution in [0, 0.1) is 5.82 Å². The van der Waals surface area contributed by atoms with E-state index in [9.17, 15) is 9.18 Å². The zero-order valence-electron chi connectivity index (χ0n) is 17.5. The van der Waals surface area contributed by atoms with Gasteiger partial charge < -0.3 is 20.3 Å². The van der Waals surface area contributed by atoms with E-state index in [2.05, 4.69) is 20.6 Å². The number of anilines is 2. The quantitative estimate of drug-likeness (QED) is 0.368. The molecule has 0 fully saturated rings. The average molecular weight is 489 g/mol. The summed E-state index contributed by atoms with van der Waals surface area (Å²) in [5, 5.41) is 11.6. The molecule has 0 aliphatic heterocycles. The number of carbonyl (C=O) groups is 1. The van der Waals surface area contributed by atoms with E-state index in [1.807, 2.05) is 6.26 Å². The Morgan fingerprint density at radius 1 is 1.30 bits per heavy atom. The third-order valence-corrected chi connectivity index (χ3v) is 5.62. The molecule has 9 nitrogen and oxygen atoms in total. The number of nitrogens with zero attached hydrogens (tertiary/aromatic N) is 4. The molecule has 0 unspecified atom stereocenters. The molecule has 0 bridgehead atoms. The highest BCUT2D eigenvalue weighted by atomic mass is 35.5. The molecule has 12 heteroatoms. The van der Waals surface area contributed by atoms with Crippen LogP contribution in [0.25, 0.3) is 22.8 Å². The van der Waals surface area contributed by atoms with E-state index in [0.29, 0.717) is 22.2 Å². The van der Waals surface area contributed by atoms with Gasteiger partial charge in [-0.1, -0.05) is 16.8 Å². The molecular formula is C21H18ClFN6O3S. The van der Waals surface area contributed by atoms with Crippen molar-refractivity contribution in [1.29, 1.82) is 0 Å². The Labute approximate surface area is 197 Å². The van der Waals surface area contributed by atoms with Gasteiger partial charge in [-0.25, -0.2) is 9.07 Å². The van der Waals surface area contributed by atoms with Gasteiger partial charge >= 0.3 is 0 Å². The van der Waals surface area contributed by atoms with Crippen molar-refractivity contribution in [3.63, 3.8) is 0 Å². The first-order valence-electron chi connectivity index (χ1n) is 9.53. The lowest BCUT2D eigenvalue weighted by Crippen LogP contribution is -2.20. The van der Waals surface area contributed by atoms with Gasteiger partial charge in [0.05, 0.1) is 17.8 Å². The summed E-state index contributed by atoms with van der Waals surface area (Å²) >= 11 is 7.29. The number of aromatic nitrogens is 4. The van der Waals surface area contributed by atoms with Crippen LogP contribution < -0.4 is 15.8 Å². The van der Waals surface area contributed by atoms with E-state index in [1.165, 1.54) is 28.6 Å². The number of benzene rings is 2. The molecule has 0 saturated carbocycles. The minimum absolute atomic E-state index is 0.0826. The number of halogens is 2. The van der Waals surface area contributed by atoms with Crippen LogP contribution in [0.2, 0.25) is 5.02 Å². The predicted octanol–water partition coefficient (Wildman–Crippen LogP) is 4.34. The molecule has 0 atom stereocenters. The Morgan fingerprint density at radius 3 is 2.73 bits per heavy atom. The number of nitrogens with one attached hydrogen (secondary N) is 1. The number of rotatable bonds is 7. The SMILES string of the molecule is COc1ccc(-c2noc(-c3c(SC)nn(CC(=O)Nc4ccc(F)cc4Cl)c3N)n2)cc1. The summed E-state index contributed by atoms with van der Waals surface area (Å²) in [7, 11) is 1.58. The summed E-state index contributed by atoms with van der Waals surface area (Å²) in [4.78, 5) is 16.9. The minimum atomic E-state index is -0.503. The van der Waals surface area contributed by atoms with Crippen molar-refractivity contribution in [2.24, 2.45) is 0 Å². The molecule has 2 aromatic carbocycles. The van der Waals surface area contributed by atoms with Crippen molar-refractivity contribution < 1.29 is 18.4 Å². The fourth-order valence-electron chi connectivity index (χ4n) is 3.02. The van der Waals surface area contributed by atoms with Gasteiger partial charge in [-0.15, -0.1) is 11.8 Å². The van der Waals surface area contributed by atoms with Crippen LogP contribution in [-0.4, -0.2) is 39.2 Å². The van der Waals surface area contributed by atoms with Crippen LogP contribution in [0.1, 0.15) is 0 Å². The third kappa shape index (κ3) is 4.78. The predicted molar refractivity (Wildman–Crippen MR) is 124 cm³/mol. The topological polar surface area (TPSA) is 121 Å². The van der Waals surface area contributed by atoms with E-state index in [1.54, 1.807) is 31.4 Å². The van der Waals surface area contributed by atoms with Crippen molar-refractivity contribution in [2.45, 2.75) is 11.6 Å². The molecule has 33 heavy (non-hydrogen) atoms. The van der Waals surface area contributed by atoms with Gasteiger partial charge in [-0.2, -0.15) is 10.1 Å². The molecule has 0 aliphatic rings. The first-order chi connectivity index (χ1) is 15.9. The Kier molecular flexibility index (Phi) is 6.52. The summed E-state index contributed by atoms with van der Waals surface area (Å²) in [6.45, 7) is -0.202. The fraction of sp³-hybridized carbons (Fsp3) is 0.143. The molecule has 0 aliphatic carbocycles. The highest BCUT2D eigenvalue weighted by molar-refractivity contribution is 7.98. The molecule has 170 valence electrons. The second-order valence-corrected chi connectivity index (χ2v) is 7.95. The van der Waals surface area contributed by atoms with Crippen LogP contribution in [-0.2, 0) is 11.3 Å². The summed E-state index contributed by atoms with van der Waals surface area (Å²) in [6.07, 6.45) is 1.81. The molecule has 1 amide bonds. The first-order valence-corrected chi connectivity index (χ1v) is 11.1. The zero-order chi connectivity index (χ0) is 23.5. The van der Waals surface area contributed by atoms with Gasteiger partial charge in [0.1, 0.15) is 34.5 Å². The number of thioether (sulfide) groups is 1. The van der Waals surface area contributed by atoms with Crippen LogP contribution in [0.4, 0.5) is 15.9 Å². The Bertz CT molecular complexity index is 1310. The number of hydrogen-bond donors (Lipinski definition) is 2. The Hall–Kier alpha value is -3.57. The summed E-state index contributed by atoms with van der Waals surface area (Å²) < 4.78 is 25.1. The van der Waals surface area contributed by atoms with Crippen molar-refractivity contribution in [3.05, 3.63) is 53.3 Å². The van der Waals surface area contributed by atoms with Gasteiger partial charge in [0.2, 0.25) is 11.7 Å². The smallest absolute Gasteiger partial charge is 0.264 e. The van der Waals surface area contributed by atoms with Crippen LogP contribution in [0.15, 0.2) is 52.0 Å². The maximum atomic E-state index is 13.2. The molecule has 2 heterocycles. The van der Waals surface area contributed by atoms with Crippen LogP contribution in [0.5, 0.6) is 5.75 Å². The molecule has 2 aromatic heterocycles. The van der Waals surface area contributed by atoms with Crippen molar-refractivity contribution in [1.82, 2.24) is 19.9 Å². The fourth-order valence-corrected chi connectivity index (χ4v) is 3.81. The van der Waals surface area contributed by atoms with Crippen LogP contribution in [0.3, 0.4) is 0 Å². The summed E-state index contributed by atoms with van der Waals surface area (Å²) in [5.74, 6) is 0.493. The number of hydrogen-bond acceptors (Lipinski definition) is 8. The maximum Gasteiger partial charge on any atom is 0.264 e. The van der Waals surface area contributed by atoms with E-state index in [-0.39, 0.29) is 29.0 Å². The zero-order valence-corrected chi connectivity index (χ0v) is 19.1. The number of amides is 1. The Balaban J connectivity index is 1.57. The monoisotopic (exact) mass is 488 g/mol. The minimum Gasteiger partial charge on any atom is -0.497 e. The molecular weight excluding hydrogens is 471 g/mol. The second-order valence-electron chi connectivity index (χ2n) is 6.75. The van der Waals surface area contributed by atoms with Gasteiger partial charge in [0.25, 0.3) is 5.89 Å². The van der Waals surface area contributed by atoms with Gasteiger partial charge in [-0.3, -0.25) is 4.79 Å². The van der Waals surface area contributed by atoms with Gasteiger partial charge in [0.15, 0.2) is 0 Å². The Morgan fingerprint density at radius 2 is 2.06 bits per heavy atom. The lowest BCUT2D eigenvalue weighted by Gasteiger charge is -2.08. The molecule has 0 radical (unpaired) electrons. The highest BCUT2D eigenvalue weighted by Gasteiger charge is 2.24. The first kappa shape index (κ1) is 22.6. The van der Waals surface area contributed by atoms with E-state index < -0.39 is 11.7 Å². The van der Waals surface area contributed by atoms with Crippen molar-refractivity contribution >= 4 is 40.8 Å². The third-order valence-electron chi connectivity index (χ3n) is 4.64. The highest BCUT2D eigenvalue weighted by Crippen LogP contribution is 2.35. The lowest BCUT2D eigenvalue weighted by atomic mass is 10.2. The molecule has 4 aromatic rings. The number of nitrogen functional groups attached to an aromatic ring is 1. The lowest BCUT2D eigenvalue weighted by molar-refractivity contribution is -0.116. The van der Waals surface area contributed by atoms with Crippen molar-refractivity contribution in [2.75, 3.05) is 24.4 Å². The van der Waals surface area contributed by atoms with E-state index in [4.69, 9.17) is 26.6 Å². The standard InChI is InChI=1S/C21H18ClFN6O3S/c1-31-13-6-3-11(4-7-13)19-26-20(32-28-19)17-18(24)29(27-21(17)33-2)10-16(30)25-15-8-5-12(23)9-14(15)22/h3-9H,10,24H2,1-2H3,(H,25,30). The second kappa shape index (κ2) is 9.51. The molecule has 4 rings (SSSR count).